The first-order chi connectivity index (χ1) is 8.09. The molecule has 1 aliphatic rings. The first-order valence-electron chi connectivity index (χ1n) is 7.08. The van der Waals surface area contributed by atoms with Crippen LogP contribution < -0.4 is 5.32 Å². The van der Waals surface area contributed by atoms with Gasteiger partial charge >= 0.3 is 5.97 Å². The molecule has 1 fully saturated rings. The predicted octanol–water partition coefficient (Wildman–Crippen LogP) is 3.28. The largest absolute Gasteiger partial charge is 0.459 e. The Bertz CT molecular complexity index is 291. The van der Waals surface area contributed by atoms with Crippen LogP contribution in [0.3, 0.4) is 0 Å². The summed E-state index contributed by atoms with van der Waals surface area (Å²) in [7, 11) is 0. The molecular weight excluding hydrogens is 226 g/mol. The van der Waals surface area contributed by atoms with E-state index < -0.39 is 5.60 Å². The normalized spacial score (nSPS) is 25.6. The van der Waals surface area contributed by atoms with Gasteiger partial charge in [0.2, 0.25) is 0 Å². The second-order valence-electron chi connectivity index (χ2n) is 7.38. The second-order valence-corrected chi connectivity index (χ2v) is 7.38. The maximum absolute atomic E-state index is 11.9. The van der Waals surface area contributed by atoms with Crippen molar-refractivity contribution in [2.75, 3.05) is 0 Å². The number of esters is 1. The zero-order valence-corrected chi connectivity index (χ0v) is 12.8. The third-order valence-corrected chi connectivity index (χ3v) is 3.45. The van der Waals surface area contributed by atoms with Crippen molar-refractivity contribution >= 4 is 5.97 Å². The Morgan fingerprint density at radius 1 is 1.39 bits per heavy atom. The van der Waals surface area contributed by atoms with Crippen LogP contribution in [0.4, 0.5) is 0 Å². The fourth-order valence-electron chi connectivity index (χ4n) is 2.65. The van der Waals surface area contributed by atoms with Crippen molar-refractivity contribution in [1.29, 1.82) is 0 Å². The van der Waals surface area contributed by atoms with E-state index >= 15 is 0 Å². The Morgan fingerprint density at radius 3 is 2.50 bits per heavy atom. The minimum Gasteiger partial charge on any atom is -0.459 e. The maximum Gasteiger partial charge on any atom is 0.323 e. The quantitative estimate of drug-likeness (QED) is 0.787. The van der Waals surface area contributed by atoms with Gasteiger partial charge in [-0.15, -0.1) is 0 Å². The van der Waals surface area contributed by atoms with Gasteiger partial charge in [0.1, 0.15) is 11.6 Å². The number of ether oxygens (including phenoxy) is 1. The molecule has 0 spiro atoms. The summed E-state index contributed by atoms with van der Waals surface area (Å²) in [5.41, 5.74) is -0.0115. The van der Waals surface area contributed by atoms with Crippen molar-refractivity contribution in [3.05, 3.63) is 0 Å². The van der Waals surface area contributed by atoms with Gasteiger partial charge < -0.3 is 10.1 Å². The molecular formula is C15H29NO2. The van der Waals surface area contributed by atoms with Crippen LogP contribution in [0.5, 0.6) is 0 Å². The second kappa shape index (κ2) is 5.60. The number of nitrogens with one attached hydrogen (secondary N) is 1. The summed E-state index contributed by atoms with van der Waals surface area (Å²) >= 11 is 0. The van der Waals surface area contributed by atoms with E-state index in [0.29, 0.717) is 11.5 Å². The highest BCUT2D eigenvalue weighted by atomic mass is 16.6. The lowest BCUT2D eigenvalue weighted by atomic mass is 9.75. The van der Waals surface area contributed by atoms with Crippen LogP contribution in [0.1, 0.15) is 67.2 Å². The molecule has 0 aliphatic heterocycles. The van der Waals surface area contributed by atoms with Crippen molar-refractivity contribution in [2.24, 2.45) is 5.41 Å². The van der Waals surface area contributed by atoms with Gasteiger partial charge in [0.05, 0.1) is 0 Å². The standard InChI is InChI=1S/C15H29NO2/c1-11(13(17)18-14(2,3)4)16-12-8-7-9-15(5,6)10-12/h11-12,16H,7-10H2,1-6H3. The molecule has 0 amide bonds. The minimum atomic E-state index is -0.404. The van der Waals surface area contributed by atoms with E-state index in [1.807, 2.05) is 27.7 Å². The lowest BCUT2D eigenvalue weighted by molar-refractivity contribution is -0.157. The number of rotatable bonds is 3. The van der Waals surface area contributed by atoms with Crippen LogP contribution in [0, 0.1) is 5.41 Å². The Morgan fingerprint density at radius 2 is 2.00 bits per heavy atom. The van der Waals surface area contributed by atoms with E-state index in [4.69, 9.17) is 4.74 Å². The topological polar surface area (TPSA) is 38.3 Å². The molecule has 3 nitrogen and oxygen atoms in total. The molecule has 2 unspecified atom stereocenters. The highest BCUT2D eigenvalue weighted by molar-refractivity contribution is 5.75. The van der Waals surface area contributed by atoms with Crippen LogP contribution in [0.2, 0.25) is 0 Å². The molecule has 2 atom stereocenters. The summed E-state index contributed by atoms with van der Waals surface area (Å²) in [4.78, 5) is 11.9. The van der Waals surface area contributed by atoms with Gasteiger partial charge in [0.15, 0.2) is 0 Å². The van der Waals surface area contributed by atoms with Gasteiger partial charge in [-0.1, -0.05) is 20.3 Å². The maximum atomic E-state index is 11.9. The highest BCUT2D eigenvalue weighted by Gasteiger charge is 2.30. The summed E-state index contributed by atoms with van der Waals surface area (Å²) in [6, 6.07) is 0.222. The molecule has 3 heteroatoms. The number of hydrogen-bond acceptors (Lipinski definition) is 3. The molecule has 18 heavy (non-hydrogen) atoms. The first kappa shape index (κ1) is 15.5. The molecule has 1 aliphatic carbocycles. The predicted molar refractivity (Wildman–Crippen MR) is 74.5 cm³/mol. The van der Waals surface area contributed by atoms with Crippen molar-refractivity contribution in [3.63, 3.8) is 0 Å². The fraction of sp³-hybridized carbons (Fsp3) is 0.933. The van der Waals surface area contributed by atoms with Crippen LogP contribution in [0.15, 0.2) is 0 Å². The lowest BCUT2D eigenvalue weighted by Gasteiger charge is -2.37. The molecule has 0 aromatic carbocycles. The molecule has 0 heterocycles. The van der Waals surface area contributed by atoms with Crippen LogP contribution in [0.25, 0.3) is 0 Å². The van der Waals surface area contributed by atoms with Gasteiger partial charge in [-0.05, 0) is 52.4 Å². The molecule has 1 N–H and O–H groups in total. The highest BCUT2D eigenvalue weighted by Crippen LogP contribution is 2.35. The van der Waals surface area contributed by atoms with Crippen molar-refractivity contribution in [1.82, 2.24) is 5.32 Å². The Kier molecular flexibility index (Phi) is 4.82. The molecule has 0 saturated heterocycles. The van der Waals surface area contributed by atoms with Crippen molar-refractivity contribution < 1.29 is 9.53 Å². The minimum absolute atomic E-state index is 0.147. The molecule has 0 radical (unpaired) electrons. The van der Waals surface area contributed by atoms with E-state index in [1.165, 1.54) is 12.8 Å². The Labute approximate surface area is 112 Å². The van der Waals surface area contributed by atoms with E-state index in [1.54, 1.807) is 0 Å². The van der Waals surface area contributed by atoms with E-state index in [0.717, 1.165) is 12.8 Å². The SMILES string of the molecule is CC(NC1CCCC(C)(C)C1)C(=O)OC(C)(C)C. The third-order valence-electron chi connectivity index (χ3n) is 3.45. The Balaban J connectivity index is 2.44. The molecule has 1 saturated carbocycles. The molecule has 106 valence electrons. The van der Waals surface area contributed by atoms with Crippen LogP contribution in [-0.4, -0.2) is 23.7 Å². The van der Waals surface area contributed by atoms with Crippen LogP contribution >= 0.6 is 0 Å². The average molecular weight is 255 g/mol. The third kappa shape index (κ3) is 5.38. The van der Waals surface area contributed by atoms with Gasteiger partial charge in [0.25, 0.3) is 0 Å². The zero-order chi connectivity index (χ0) is 14.0. The monoisotopic (exact) mass is 255 g/mol. The molecule has 0 aromatic heterocycles. The van der Waals surface area contributed by atoms with E-state index in [2.05, 4.69) is 19.2 Å². The summed E-state index contributed by atoms with van der Waals surface area (Å²) in [6.07, 6.45) is 4.83. The molecule has 0 bridgehead atoms. The summed E-state index contributed by atoms with van der Waals surface area (Å²) in [5.74, 6) is -0.147. The van der Waals surface area contributed by atoms with Crippen molar-refractivity contribution in [3.8, 4) is 0 Å². The number of hydrogen-bond donors (Lipinski definition) is 1. The van der Waals surface area contributed by atoms with Gasteiger partial charge in [0, 0.05) is 6.04 Å². The fourth-order valence-corrected chi connectivity index (χ4v) is 2.65. The summed E-state index contributed by atoms with van der Waals surface area (Å²) in [6.45, 7) is 12.2. The average Bonchev–Trinajstić information content (AvgIpc) is 2.12. The van der Waals surface area contributed by atoms with Gasteiger partial charge in [-0.25, -0.2) is 0 Å². The smallest absolute Gasteiger partial charge is 0.323 e. The first-order valence-corrected chi connectivity index (χ1v) is 7.08. The lowest BCUT2D eigenvalue weighted by Crippen LogP contribution is -2.47. The summed E-state index contributed by atoms with van der Waals surface area (Å²) < 4.78 is 5.39. The van der Waals surface area contributed by atoms with Crippen molar-refractivity contribution in [2.45, 2.75) is 84.9 Å². The Hall–Kier alpha value is -0.570. The molecule has 1 rings (SSSR count). The van der Waals surface area contributed by atoms with Gasteiger partial charge in [-0.3, -0.25) is 4.79 Å². The summed E-state index contributed by atoms with van der Waals surface area (Å²) in [5, 5.41) is 3.42. The number of carbonyl (C=O) groups is 1. The van der Waals surface area contributed by atoms with Crippen LogP contribution in [-0.2, 0) is 9.53 Å². The van der Waals surface area contributed by atoms with E-state index in [9.17, 15) is 4.79 Å². The van der Waals surface area contributed by atoms with E-state index in [-0.39, 0.29) is 12.0 Å². The number of carbonyl (C=O) groups excluding carboxylic acids is 1. The van der Waals surface area contributed by atoms with Gasteiger partial charge in [-0.2, -0.15) is 0 Å². The zero-order valence-electron chi connectivity index (χ0n) is 12.8. The molecule has 0 aromatic rings.